The molecule has 1 aromatic heterocycles. The molecule has 1 saturated heterocycles. The third kappa shape index (κ3) is 5.90. The second-order valence-electron chi connectivity index (χ2n) is 7.87. The lowest BCUT2D eigenvalue weighted by Gasteiger charge is -2.24. The summed E-state index contributed by atoms with van der Waals surface area (Å²) in [5, 5.41) is 2.57. The molecule has 0 saturated carbocycles. The number of aromatic nitrogens is 1. The first-order valence-electron chi connectivity index (χ1n) is 10.8. The molecule has 3 amide bonds. The van der Waals surface area contributed by atoms with Crippen molar-refractivity contribution >= 4 is 17.7 Å². The minimum atomic E-state index is -0.340. The van der Waals surface area contributed by atoms with Crippen LogP contribution in [0.4, 0.5) is 0 Å². The van der Waals surface area contributed by atoms with Gasteiger partial charge in [0, 0.05) is 51.1 Å². The summed E-state index contributed by atoms with van der Waals surface area (Å²) in [5.74, 6) is -0.661. The molecule has 1 unspecified atom stereocenters. The van der Waals surface area contributed by atoms with Gasteiger partial charge in [-0.05, 0) is 30.0 Å². The van der Waals surface area contributed by atoms with Gasteiger partial charge in [0.2, 0.25) is 17.7 Å². The van der Waals surface area contributed by atoms with E-state index in [0.717, 1.165) is 23.1 Å². The monoisotopic (exact) mass is 422 g/mol. The zero-order valence-electron chi connectivity index (χ0n) is 18.2. The fourth-order valence-corrected chi connectivity index (χ4v) is 3.99. The Morgan fingerprint density at radius 2 is 1.97 bits per heavy atom. The van der Waals surface area contributed by atoms with Gasteiger partial charge in [-0.2, -0.15) is 0 Å². The van der Waals surface area contributed by atoms with Gasteiger partial charge in [0.1, 0.15) is 0 Å². The van der Waals surface area contributed by atoms with E-state index < -0.39 is 0 Å². The number of amides is 3. The van der Waals surface area contributed by atoms with E-state index >= 15 is 0 Å². The van der Waals surface area contributed by atoms with Crippen molar-refractivity contribution in [3.05, 3.63) is 54.4 Å². The van der Waals surface area contributed by atoms with Crippen LogP contribution in [-0.2, 0) is 20.8 Å². The van der Waals surface area contributed by atoms with E-state index in [0.29, 0.717) is 32.6 Å². The lowest BCUT2D eigenvalue weighted by atomic mass is 9.91. The van der Waals surface area contributed by atoms with Crippen LogP contribution in [0.5, 0.6) is 0 Å². The van der Waals surface area contributed by atoms with Crippen molar-refractivity contribution in [2.75, 3.05) is 32.7 Å². The molecule has 1 aromatic carbocycles. The summed E-state index contributed by atoms with van der Waals surface area (Å²) in [5.41, 5.74) is 3.11. The van der Waals surface area contributed by atoms with E-state index in [1.807, 2.05) is 54.4 Å². The quantitative estimate of drug-likeness (QED) is 0.741. The van der Waals surface area contributed by atoms with E-state index in [-0.39, 0.29) is 30.2 Å². The van der Waals surface area contributed by atoms with Crippen LogP contribution in [-0.4, -0.2) is 65.2 Å². The van der Waals surface area contributed by atoms with Crippen molar-refractivity contribution in [3.63, 3.8) is 0 Å². The lowest BCUT2D eigenvalue weighted by molar-refractivity contribution is -0.135. The average Bonchev–Trinajstić information content (AvgIpc) is 2.93. The van der Waals surface area contributed by atoms with Crippen molar-refractivity contribution in [1.82, 2.24) is 20.1 Å². The van der Waals surface area contributed by atoms with Crippen LogP contribution in [0.2, 0.25) is 0 Å². The molecule has 0 bridgehead atoms. The Balaban J connectivity index is 1.85. The summed E-state index contributed by atoms with van der Waals surface area (Å²) in [6.07, 6.45) is 4.96. The van der Waals surface area contributed by atoms with Crippen LogP contribution in [0.15, 0.2) is 48.8 Å². The smallest absolute Gasteiger partial charge is 0.242 e. The van der Waals surface area contributed by atoms with Gasteiger partial charge in [0.15, 0.2) is 0 Å². The molecule has 0 spiro atoms. The van der Waals surface area contributed by atoms with Gasteiger partial charge in [0.05, 0.1) is 12.5 Å². The van der Waals surface area contributed by atoms with Crippen molar-refractivity contribution in [1.29, 1.82) is 0 Å². The molecule has 0 radical (unpaired) electrons. The molecule has 1 atom stereocenters. The van der Waals surface area contributed by atoms with Crippen molar-refractivity contribution in [2.24, 2.45) is 5.92 Å². The van der Waals surface area contributed by atoms with Crippen molar-refractivity contribution in [3.8, 4) is 11.1 Å². The number of carbonyl (C=O) groups excluding carboxylic acids is 3. The number of benzene rings is 1. The molecule has 31 heavy (non-hydrogen) atoms. The van der Waals surface area contributed by atoms with E-state index in [1.54, 1.807) is 11.1 Å². The van der Waals surface area contributed by atoms with Crippen molar-refractivity contribution < 1.29 is 14.4 Å². The van der Waals surface area contributed by atoms with Crippen LogP contribution in [0, 0.1) is 5.92 Å². The largest absolute Gasteiger partial charge is 0.347 e. The lowest BCUT2D eigenvalue weighted by Crippen LogP contribution is -2.42. The second-order valence-corrected chi connectivity index (χ2v) is 7.87. The first-order valence-corrected chi connectivity index (χ1v) is 10.8. The number of rotatable bonds is 7. The topological polar surface area (TPSA) is 82.6 Å². The van der Waals surface area contributed by atoms with E-state index in [1.165, 1.54) is 6.92 Å². The maximum absolute atomic E-state index is 13.3. The zero-order chi connectivity index (χ0) is 22.2. The summed E-state index contributed by atoms with van der Waals surface area (Å²) in [6, 6.07) is 11.9. The Morgan fingerprint density at radius 3 is 2.68 bits per heavy atom. The molecule has 0 aliphatic carbocycles. The standard InChI is InChI=1S/C24H30N4O3/c1-3-11-27-12-13-28(23(30)16-26-18(2)29)17-21(24(27)31)14-19-7-4-5-9-22(19)20-8-6-10-25-15-20/h4-10,15,21H,3,11-14,16-17H2,1-2H3,(H,26,29). The maximum atomic E-state index is 13.3. The van der Waals surface area contributed by atoms with Crippen molar-refractivity contribution in [2.45, 2.75) is 26.7 Å². The van der Waals surface area contributed by atoms with Crippen LogP contribution < -0.4 is 5.32 Å². The third-order valence-electron chi connectivity index (χ3n) is 5.53. The van der Waals surface area contributed by atoms with E-state index in [9.17, 15) is 14.4 Å². The highest BCUT2D eigenvalue weighted by atomic mass is 16.2. The highest BCUT2D eigenvalue weighted by Crippen LogP contribution is 2.26. The minimum absolute atomic E-state index is 0.0453. The maximum Gasteiger partial charge on any atom is 0.242 e. The summed E-state index contributed by atoms with van der Waals surface area (Å²) in [4.78, 5) is 45.0. The van der Waals surface area contributed by atoms with Gasteiger partial charge in [-0.1, -0.05) is 37.3 Å². The summed E-state index contributed by atoms with van der Waals surface area (Å²) in [6.45, 7) is 5.40. The molecule has 2 heterocycles. The predicted molar refractivity (Wildman–Crippen MR) is 119 cm³/mol. The molecule has 1 fully saturated rings. The number of nitrogens with one attached hydrogen (secondary N) is 1. The third-order valence-corrected chi connectivity index (χ3v) is 5.53. The van der Waals surface area contributed by atoms with Gasteiger partial charge < -0.3 is 15.1 Å². The molecule has 1 N–H and O–H groups in total. The molecule has 3 rings (SSSR count). The van der Waals surface area contributed by atoms with Gasteiger partial charge in [-0.3, -0.25) is 19.4 Å². The van der Waals surface area contributed by atoms with E-state index in [4.69, 9.17) is 0 Å². The Hall–Kier alpha value is -3.22. The predicted octanol–water partition coefficient (Wildman–Crippen LogP) is 2.12. The molecule has 2 aromatic rings. The van der Waals surface area contributed by atoms with Gasteiger partial charge in [-0.25, -0.2) is 0 Å². The van der Waals surface area contributed by atoms with Crippen LogP contribution in [0.3, 0.4) is 0 Å². The fourth-order valence-electron chi connectivity index (χ4n) is 3.99. The number of nitrogens with zero attached hydrogens (tertiary/aromatic N) is 3. The van der Waals surface area contributed by atoms with Gasteiger partial charge in [0.25, 0.3) is 0 Å². The van der Waals surface area contributed by atoms with Gasteiger partial charge >= 0.3 is 0 Å². The first-order chi connectivity index (χ1) is 15.0. The highest BCUT2D eigenvalue weighted by Gasteiger charge is 2.32. The second kappa shape index (κ2) is 10.7. The average molecular weight is 423 g/mol. The van der Waals surface area contributed by atoms with E-state index in [2.05, 4.69) is 10.3 Å². The van der Waals surface area contributed by atoms with Crippen LogP contribution >= 0.6 is 0 Å². The Bertz CT molecular complexity index is 916. The Morgan fingerprint density at radius 1 is 1.16 bits per heavy atom. The summed E-state index contributed by atoms with van der Waals surface area (Å²) in [7, 11) is 0. The minimum Gasteiger partial charge on any atom is -0.347 e. The normalized spacial score (nSPS) is 16.7. The SMILES string of the molecule is CCCN1CCN(C(=O)CNC(C)=O)CC(Cc2ccccc2-c2cccnc2)C1=O. The highest BCUT2D eigenvalue weighted by molar-refractivity contribution is 5.85. The molecular formula is C24H30N4O3. The fraction of sp³-hybridized carbons (Fsp3) is 0.417. The number of hydrogen-bond donors (Lipinski definition) is 1. The summed E-state index contributed by atoms with van der Waals surface area (Å²) >= 11 is 0. The number of hydrogen-bond acceptors (Lipinski definition) is 4. The molecule has 7 nitrogen and oxygen atoms in total. The molecule has 1 aliphatic rings. The summed E-state index contributed by atoms with van der Waals surface area (Å²) < 4.78 is 0. The number of carbonyl (C=O) groups is 3. The zero-order valence-corrected chi connectivity index (χ0v) is 18.2. The number of pyridine rings is 1. The Labute approximate surface area is 183 Å². The first kappa shape index (κ1) is 22.5. The Kier molecular flexibility index (Phi) is 7.76. The van der Waals surface area contributed by atoms with Crippen LogP contribution in [0.1, 0.15) is 25.8 Å². The van der Waals surface area contributed by atoms with Crippen LogP contribution in [0.25, 0.3) is 11.1 Å². The molecule has 1 aliphatic heterocycles. The van der Waals surface area contributed by atoms with Gasteiger partial charge in [-0.15, -0.1) is 0 Å². The molecule has 7 heteroatoms. The molecular weight excluding hydrogens is 392 g/mol. The molecule has 164 valence electrons.